The van der Waals surface area contributed by atoms with E-state index in [4.69, 9.17) is 8.83 Å². The fourth-order valence-corrected chi connectivity index (χ4v) is 10.9. The van der Waals surface area contributed by atoms with Crippen molar-refractivity contribution in [2.24, 2.45) is 0 Å². The standard InChI is InChI=1S/2C17H17O.Zr/c2*1-11(2)15-6-4-5-13-9-14(10-16(13)15)17-8-7-12(3)18-17;/h2*4-11H,1-3H3;. The molecule has 0 bridgehead atoms. The van der Waals surface area contributed by atoms with Crippen LogP contribution < -0.4 is 0 Å². The topological polar surface area (TPSA) is 26.3 Å². The fraction of sp³-hybridized carbons (Fsp3) is 0.294. The van der Waals surface area contributed by atoms with Crippen molar-refractivity contribution in [1.82, 2.24) is 0 Å². The number of fused-ring (bicyclic) bond motifs is 2. The summed E-state index contributed by atoms with van der Waals surface area (Å²) in [6, 6.07) is 22.4. The van der Waals surface area contributed by atoms with Crippen molar-refractivity contribution in [3.05, 3.63) is 117 Å². The molecule has 0 spiro atoms. The van der Waals surface area contributed by atoms with Crippen LogP contribution in [0.15, 0.2) is 69.5 Å². The van der Waals surface area contributed by atoms with Crippen molar-refractivity contribution < 1.29 is 32.1 Å². The van der Waals surface area contributed by atoms with E-state index in [0.717, 1.165) is 23.0 Å². The monoisotopic (exact) mass is 564 g/mol. The molecule has 2 aliphatic carbocycles. The van der Waals surface area contributed by atoms with E-state index in [1.165, 1.54) is 44.5 Å². The second kappa shape index (κ2) is 9.59. The molecule has 0 radical (unpaired) electrons. The number of aryl methyl sites for hydroxylation is 2. The van der Waals surface area contributed by atoms with Crippen LogP contribution in [0.4, 0.5) is 0 Å². The van der Waals surface area contributed by atoms with Crippen LogP contribution in [0.1, 0.15) is 103 Å². The van der Waals surface area contributed by atoms with E-state index in [-0.39, 0.29) is 0 Å². The Morgan fingerprint density at radius 3 is 1.38 bits per heavy atom. The molecule has 0 N–H and O–H groups in total. The van der Waals surface area contributed by atoms with Gasteiger partial charge in [-0.1, -0.05) is 0 Å². The molecule has 186 valence electrons. The van der Waals surface area contributed by atoms with Gasteiger partial charge in [0.1, 0.15) is 0 Å². The first-order valence-corrected chi connectivity index (χ1v) is 16.2. The van der Waals surface area contributed by atoms with Crippen molar-refractivity contribution >= 4 is 23.3 Å². The summed E-state index contributed by atoms with van der Waals surface area (Å²) in [6.07, 6.45) is 4.88. The van der Waals surface area contributed by atoms with Gasteiger partial charge >= 0.3 is 233 Å². The van der Waals surface area contributed by atoms with E-state index in [1.54, 1.807) is 0 Å². The zero-order valence-electron chi connectivity index (χ0n) is 22.6. The van der Waals surface area contributed by atoms with Crippen molar-refractivity contribution in [2.75, 3.05) is 0 Å². The first-order chi connectivity index (χ1) is 17.8. The number of benzene rings is 2. The zero-order valence-corrected chi connectivity index (χ0v) is 25.0. The molecule has 2 unspecified atom stereocenters. The molecule has 0 amide bonds. The minimum atomic E-state index is -1.14. The fourth-order valence-electron chi connectivity index (χ4n) is 5.99. The van der Waals surface area contributed by atoms with Crippen LogP contribution in [-0.2, 0) is 23.2 Å². The Morgan fingerprint density at radius 1 is 0.595 bits per heavy atom. The third-order valence-corrected chi connectivity index (χ3v) is 12.5. The summed E-state index contributed by atoms with van der Waals surface area (Å²) in [6.45, 7) is 13.3. The van der Waals surface area contributed by atoms with E-state index < -0.39 is 23.2 Å². The number of rotatable bonds is 6. The second-order valence-corrected chi connectivity index (χ2v) is 14.7. The molecule has 4 aromatic rings. The molecular weight excluding hydrogens is 532 g/mol. The van der Waals surface area contributed by atoms with E-state index in [2.05, 4.69) is 101 Å². The number of allylic oxidation sites excluding steroid dienone is 2. The van der Waals surface area contributed by atoms with E-state index in [9.17, 15) is 0 Å². The van der Waals surface area contributed by atoms with Gasteiger partial charge in [0.05, 0.1) is 0 Å². The van der Waals surface area contributed by atoms with Gasteiger partial charge in [-0.25, -0.2) is 0 Å². The van der Waals surface area contributed by atoms with Crippen molar-refractivity contribution in [2.45, 2.75) is 60.6 Å². The van der Waals surface area contributed by atoms with Gasteiger partial charge < -0.3 is 0 Å². The van der Waals surface area contributed by atoms with Crippen LogP contribution >= 0.6 is 0 Å². The summed E-state index contributed by atoms with van der Waals surface area (Å²) in [7, 11) is 0. The van der Waals surface area contributed by atoms with Crippen LogP contribution in [-0.4, -0.2) is 0 Å². The molecule has 2 aromatic heterocycles. The molecule has 2 heterocycles. The molecule has 6 rings (SSSR count). The van der Waals surface area contributed by atoms with Crippen LogP contribution in [0, 0.1) is 13.8 Å². The third kappa shape index (κ3) is 4.30. The van der Waals surface area contributed by atoms with E-state index in [0.29, 0.717) is 19.1 Å². The minimum absolute atomic E-state index is 0.418. The summed E-state index contributed by atoms with van der Waals surface area (Å²) < 4.78 is 13.3. The third-order valence-electron chi connectivity index (χ3n) is 7.82. The van der Waals surface area contributed by atoms with Crippen LogP contribution in [0.25, 0.3) is 23.3 Å². The summed E-state index contributed by atoms with van der Waals surface area (Å²) in [4.78, 5) is 0. The van der Waals surface area contributed by atoms with Gasteiger partial charge in [-0.15, -0.1) is 0 Å². The predicted molar refractivity (Wildman–Crippen MR) is 149 cm³/mol. The molecule has 2 aliphatic rings. The Labute approximate surface area is 232 Å². The molecule has 0 fully saturated rings. The number of hydrogen-bond donors (Lipinski definition) is 0. The predicted octanol–water partition coefficient (Wildman–Crippen LogP) is 9.71. The summed E-state index contributed by atoms with van der Waals surface area (Å²) in [5.41, 5.74) is 11.4. The summed E-state index contributed by atoms with van der Waals surface area (Å²) in [5, 5.41) is 0. The zero-order chi connectivity index (χ0) is 25.8. The van der Waals surface area contributed by atoms with Gasteiger partial charge in [-0.2, -0.15) is 0 Å². The molecule has 2 nitrogen and oxygen atoms in total. The molecule has 0 aliphatic heterocycles. The maximum atomic E-state index is 6.25. The van der Waals surface area contributed by atoms with Gasteiger partial charge in [0.2, 0.25) is 0 Å². The number of hydrogen-bond acceptors (Lipinski definition) is 2. The van der Waals surface area contributed by atoms with Gasteiger partial charge in [0.15, 0.2) is 0 Å². The van der Waals surface area contributed by atoms with Crippen LogP contribution in [0.5, 0.6) is 0 Å². The van der Waals surface area contributed by atoms with E-state index >= 15 is 0 Å². The van der Waals surface area contributed by atoms with Crippen molar-refractivity contribution in [3.8, 4) is 0 Å². The Balaban J connectivity index is 1.50. The Morgan fingerprint density at radius 2 is 1.03 bits per heavy atom. The normalized spacial score (nSPS) is 18.3. The first kappa shape index (κ1) is 24.7. The number of furan rings is 2. The quantitative estimate of drug-likeness (QED) is 0.233. The molecule has 2 aromatic carbocycles. The van der Waals surface area contributed by atoms with Crippen LogP contribution in [0.2, 0.25) is 0 Å². The van der Waals surface area contributed by atoms with Gasteiger partial charge in [-0.3, -0.25) is 0 Å². The van der Waals surface area contributed by atoms with Gasteiger partial charge in [0.25, 0.3) is 0 Å². The average Bonchev–Trinajstić information content (AvgIpc) is 3.64. The van der Waals surface area contributed by atoms with E-state index in [1.807, 2.05) is 13.8 Å². The SMILES string of the molecule is Cc1ccc(C2=Cc3c(C(C)C)cccc3[CH]2[Zr][CH]2C(c3ccc(C)o3)=Cc3c(C(C)C)cccc32)o1. The molecule has 0 saturated carbocycles. The molecule has 0 saturated heterocycles. The molecular formula is C34H34O2Zr. The maximum absolute atomic E-state index is 6.25. The Kier molecular flexibility index (Phi) is 6.40. The van der Waals surface area contributed by atoms with Crippen molar-refractivity contribution in [1.29, 1.82) is 0 Å². The Hall–Kier alpha value is -2.64. The van der Waals surface area contributed by atoms with Crippen molar-refractivity contribution in [3.63, 3.8) is 0 Å². The molecule has 37 heavy (non-hydrogen) atoms. The van der Waals surface area contributed by atoms with Gasteiger partial charge in [0, 0.05) is 0 Å². The Bertz CT molecular complexity index is 1430. The van der Waals surface area contributed by atoms with Crippen LogP contribution in [0.3, 0.4) is 0 Å². The second-order valence-electron chi connectivity index (χ2n) is 11.1. The first-order valence-electron chi connectivity index (χ1n) is 13.4. The molecule has 3 heteroatoms. The summed E-state index contributed by atoms with van der Waals surface area (Å²) in [5.74, 6) is 4.97. The molecule has 2 atom stereocenters. The summed E-state index contributed by atoms with van der Waals surface area (Å²) >= 11 is -1.14. The van der Waals surface area contributed by atoms with Gasteiger partial charge in [-0.05, 0) is 0 Å². The average molecular weight is 566 g/mol.